The second-order valence-electron chi connectivity index (χ2n) is 5.84. The van der Waals surface area contributed by atoms with Crippen molar-refractivity contribution in [1.29, 1.82) is 0 Å². The van der Waals surface area contributed by atoms with Crippen molar-refractivity contribution in [2.45, 2.75) is 44.7 Å². The van der Waals surface area contributed by atoms with Gasteiger partial charge in [-0.25, -0.2) is 0 Å². The standard InChI is InChI=1S/C16H24N2/c17-11-14-6-3-4-8-16(14)18-10-9-13-5-1-2-7-15(13)12-18/h1-2,5,7,14,16H,3-4,6,8-12,17H2. The molecule has 1 aromatic rings. The van der Waals surface area contributed by atoms with Crippen LogP contribution < -0.4 is 5.73 Å². The Balaban J connectivity index is 1.74. The van der Waals surface area contributed by atoms with Crippen molar-refractivity contribution < 1.29 is 0 Å². The molecule has 2 atom stereocenters. The SMILES string of the molecule is NCC1CCCCC1N1CCc2ccccc2C1. The van der Waals surface area contributed by atoms with Gasteiger partial charge in [-0.1, -0.05) is 37.1 Å². The molecule has 0 aromatic heterocycles. The summed E-state index contributed by atoms with van der Waals surface area (Å²) in [5.74, 6) is 0.726. The molecule has 18 heavy (non-hydrogen) atoms. The number of nitrogens with zero attached hydrogens (tertiary/aromatic N) is 1. The maximum absolute atomic E-state index is 5.97. The van der Waals surface area contributed by atoms with Crippen molar-refractivity contribution in [2.75, 3.05) is 13.1 Å². The summed E-state index contributed by atoms with van der Waals surface area (Å²) in [4.78, 5) is 2.69. The summed E-state index contributed by atoms with van der Waals surface area (Å²) in [5, 5.41) is 0. The Kier molecular flexibility index (Phi) is 3.67. The summed E-state index contributed by atoms with van der Waals surface area (Å²) < 4.78 is 0. The molecule has 1 heterocycles. The first-order valence-corrected chi connectivity index (χ1v) is 7.39. The molecule has 0 spiro atoms. The fourth-order valence-corrected chi connectivity index (χ4v) is 3.74. The van der Waals surface area contributed by atoms with E-state index in [0.717, 1.165) is 25.0 Å². The Morgan fingerprint density at radius 2 is 1.89 bits per heavy atom. The highest BCUT2D eigenvalue weighted by Crippen LogP contribution is 2.31. The summed E-state index contributed by atoms with van der Waals surface area (Å²) in [7, 11) is 0. The van der Waals surface area contributed by atoms with Gasteiger partial charge in [-0.2, -0.15) is 0 Å². The largest absolute Gasteiger partial charge is 0.330 e. The zero-order valence-electron chi connectivity index (χ0n) is 11.1. The Morgan fingerprint density at radius 1 is 1.11 bits per heavy atom. The van der Waals surface area contributed by atoms with Crippen LogP contribution >= 0.6 is 0 Å². The fourth-order valence-electron chi connectivity index (χ4n) is 3.74. The predicted molar refractivity (Wildman–Crippen MR) is 75.4 cm³/mol. The van der Waals surface area contributed by atoms with Gasteiger partial charge in [-0.15, -0.1) is 0 Å². The summed E-state index contributed by atoms with van der Waals surface area (Å²) in [6.07, 6.45) is 6.66. The predicted octanol–water partition coefficient (Wildman–Crippen LogP) is 2.56. The number of fused-ring (bicyclic) bond motifs is 1. The first-order valence-electron chi connectivity index (χ1n) is 7.39. The van der Waals surface area contributed by atoms with Crippen molar-refractivity contribution in [1.82, 2.24) is 4.90 Å². The van der Waals surface area contributed by atoms with Crippen LogP contribution in [0.2, 0.25) is 0 Å². The number of benzene rings is 1. The summed E-state index contributed by atoms with van der Waals surface area (Å²) in [6, 6.07) is 9.65. The zero-order chi connectivity index (χ0) is 12.4. The highest BCUT2D eigenvalue weighted by Gasteiger charge is 2.30. The Labute approximate surface area is 110 Å². The van der Waals surface area contributed by atoms with Crippen LogP contribution in [0.3, 0.4) is 0 Å². The molecule has 2 aliphatic rings. The van der Waals surface area contributed by atoms with E-state index < -0.39 is 0 Å². The average molecular weight is 244 g/mol. The molecule has 2 unspecified atom stereocenters. The maximum Gasteiger partial charge on any atom is 0.0239 e. The van der Waals surface area contributed by atoms with Gasteiger partial charge < -0.3 is 5.73 Å². The van der Waals surface area contributed by atoms with Gasteiger partial charge in [0.2, 0.25) is 0 Å². The molecule has 1 aliphatic heterocycles. The number of hydrogen-bond donors (Lipinski definition) is 1. The molecule has 0 saturated heterocycles. The van der Waals surface area contributed by atoms with E-state index in [1.165, 1.54) is 44.2 Å². The minimum atomic E-state index is 0.726. The molecule has 2 nitrogen and oxygen atoms in total. The minimum absolute atomic E-state index is 0.726. The Hall–Kier alpha value is -0.860. The normalized spacial score (nSPS) is 28.9. The summed E-state index contributed by atoms with van der Waals surface area (Å²) in [5.41, 5.74) is 9.05. The van der Waals surface area contributed by atoms with E-state index in [9.17, 15) is 0 Å². The molecule has 1 saturated carbocycles. The minimum Gasteiger partial charge on any atom is -0.330 e. The van der Waals surface area contributed by atoms with Crippen molar-refractivity contribution in [3.8, 4) is 0 Å². The van der Waals surface area contributed by atoms with Gasteiger partial charge in [0, 0.05) is 19.1 Å². The second kappa shape index (κ2) is 5.41. The molecule has 2 heteroatoms. The zero-order valence-corrected chi connectivity index (χ0v) is 11.1. The van der Waals surface area contributed by atoms with Crippen LogP contribution in [0, 0.1) is 5.92 Å². The smallest absolute Gasteiger partial charge is 0.0239 e. The Bertz CT molecular complexity index is 402. The van der Waals surface area contributed by atoms with E-state index in [4.69, 9.17) is 5.73 Å². The van der Waals surface area contributed by atoms with Crippen LogP contribution in [0.25, 0.3) is 0 Å². The van der Waals surface area contributed by atoms with Crippen LogP contribution in [0.4, 0.5) is 0 Å². The van der Waals surface area contributed by atoms with Crippen LogP contribution in [0.5, 0.6) is 0 Å². The molecule has 0 radical (unpaired) electrons. The monoisotopic (exact) mass is 244 g/mol. The third-order valence-corrected chi connectivity index (χ3v) is 4.80. The third-order valence-electron chi connectivity index (χ3n) is 4.80. The van der Waals surface area contributed by atoms with E-state index in [1.807, 2.05) is 0 Å². The molecular weight excluding hydrogens is 220 g/mol. The second-order valence-corrected chi connectivity index (χ2v) is 5.84. The van der Waals surface area contributed by atoms with E-state index >= 15 is 0 Å². The molecule has 2 N–H and O–H groups in total. The van der Waals surface area contributed by atoms with Gasteiger partial charge in [0.15, 0.2) is 0 Å². The number of rotatable bonds is 2. The van der Waals surface area contributed by atoms with Crippen LogP contribution in [-0.2, 0) is 13.0 Å². The van der Waals surface area contributed by atoms with Gasteiger partial charge in [-0.3, -0.25) is 4.90 Å². The molecule has 0 amide bonds. The van der Waals surface area contributed by atoms with Crippen LogP contribution in [-0.4, -0.2) is 24.0 Å². The molecule has 3 rings (SSSR count). The first-order chi connectivity index (χ1) is 8.88. The van der Waals surface area contributed by atoms with E-state index in [-0.39, 0.29) is 0 Å². The molecule has 1 fully saturated rings. The van der Waals surface area contributed by atoms with Gasteiger partial charge in [0.05, 0.1) is 0 Å². The summed E-state index contributed by atoms with van der Waals surface area (Å²) >= 11 is 0. The van der Waals surface area contributed by atoms with Gasteiger partial charge in [0.1, 0.15) is 0 Å². The van der Waals surface area contributed by atoms with E-state index in [2.05, 4.69) is 29.2 Å². The van der Waals surface area contributed by atoms with E-state index in [0.29, 0.717) is 0 Å². The van der Waals surface area contributed by atoms with Crippen molar-refractivity contribution >= 4 is 0 Å². The number of nitrogens with two attached hydrogens (primary N) is 1. The van der Waals surface area contributed by atoms with Crippen LogP contribution in [0.1, 0.15) is 36.8 Å². The lowest BCUT2D eigenvalue weighted by Gasteiger charge is -2.42. The maximum atomic E-state index is 5.97. The highest BCUT2D eigenvalue weighted by molar-refractivity contribution is 5.29. The molecule has 0 bridgehead atoms. The lowest BCUT2D eigenvalue weighted by atomic mass is 9.82. The lowest BCUT2D eigenvalue weighted by molar-refractivity contribution is 0.0946. The molecular formula is C16H24N2. The van der Waals surface area contributed by atoms with Gasteiger partial charge >= 0.3 is 0 Å². The quantitative estimate of drug-likeness (QED) is 0.866. The van der Waals surface area contributed by atoms with Crippen molar-refractivity contribution in [2.24, 2.45) is 11.7 Å². The van der Waals surface area contributed by atoms with Crippen molar-refractivity contribution in [3.05, 3.63) is 35.4 Å². The lowest BCUT2D eigenvalue weighted by Crippen LogP contribution is -2.47. The van der Waals surface area contributed by atoms with Crippen molar-refractivity contribution in [3.63, 3.8) is 0 Å². The highest BCUT2D eigenvalue weighted by atomic mass is 15.2. The van der Waals surface area contributed by atoms with Crippen LogP contribution in [0.15, 0.2) is 24.3 Å². The van der Waals surface area contributed by atoms with E-state index in [1.54, 1.807) is 5.56 Å². The Morgan fingerprint density at radius 3 is 2.72 bits per heavy atom. The fraction of sp³-hybridized carbons (Fsp3) is 0.625. The van der Waals surface area contributed by atoms with Gasteiger partial charge in [0.25, 0.3) is 0 Å². The molecule has 1 aromatic carbocycles. The summed E-state index contributed by atoms with van der Waals surface area (Å²) in [6.45, 7) is 3.22. The topological polar surface area (TPSA) is 29.3 Å². The molecule has 98 valence electrons. The number of hydrogen-bond acceptors (Lipinski definition) is 2. The first kappa shape index (κ1) is 12.2. The average Bonchev–Trinajstić information content (AvgIpc) is 2.46. The third kappa shape index (κ3) is 2.32. The van der Waals surface area contributed by atoms with Gasteiger partial charge in [-0.05, 0) is 42.9 Å². The molecule has 1 aliphatic carbocycles.